The second-order valence-corrected chi connectivity index (χ2v) is 0.879. The average molecular weight is 124 g/mol. The molecule has 0 aliphatic carbocycles. The molecule has 0 aromatic carbocycles. The fourth-order valence-corrected chi connectivity index (χ4v) is 0.163. The SMILES string of the molecule is C=C(OCF)OCF. The Morgan fingerprint density at radius 2 is 1.62 bits per heavy atom. The van der Waals surface area contributed by atoms with Crippen LogP contribution in [0.5, 0.6) is 0 Å². The van der Waals surface area contributed by atoms with Crippen molar-refractivity contribution in [3.05, 3.63) is 12.5 Å². The first-order chi connectivity index (χ1) is 3.81. The third-order valence-corrected chi connectivity index (χ3v) is 0.431. The van der Waals surface area contributed by atoms with Crippen LogP contribution in [0, 0.1) is 0 Å². The Bertz CT molecular complexity index is 66.4. The Kier molecular flexibility index (Phi) is 3.93. The Morgan fingerprint density at radius 1 is 1.25 bits per heavy atom. The molecule has 48 valence electrons. The smallest absolute Gasteiger partial charge is 0.276 e. The molecule has 0 aliphatic heterocycles. The maximum Gasteiger partial charge on any atom is 0.276 e. The van der Waals surface area contributed by atoms with Crippen LogP contribution in [0.2, 0.25) is 0 Å². The van der Waals surface area contributed by atoms with E-state index in [2.05, 4.69) is 16.1 Å². The Morgan fingerprint density at radius 3 is 1.88 bits per heavy atom. The molecule has 8 heavy (non-hydrogen) atoms. The first-order valence-electron chi connectivity index (χ1n) is 1.87. The maximum atomic E-state index is 11.1. The minimum Gasteiger partial charge on any atom is -0.434 e. The van der Waals surface area contributed by atoms with Gasteiger partial charge < -0.3 is 9.47 Å². The summed E-state index contributed by atoms with van der Waals surface area (Å²) in [6, 6.07) is 0. The largest absolute Gasteiger partial charge is 0.434 e. The van der Waals surface area contributed by atoms with Gasteiger partial charge in [0.05, 0.1) is 0 Å². The van der Waals surface area contributed by atoms with E-state index in [1.54, 1.807) is 0 Å². The third kappa shape index (κ3) is 3.39. The van der Waals surface area contributed by atoms with Crippen LogP contribution in [0.4, 0.5) is 8.78 Å². The lowest BCUT2D eigenvalue weighted by molar-refractivity contribution is -0.0276. The molecule has 0 heterocycles. The van der Waals surface area contributed by atoms with Gasteiger partial charge in [0.2, 0.25) is 13.7 Å². The van der Waals surface area contributed by atoms with Crippen LogP contribution in [0.1, 0.15) is 0 Å². The van der Waals surface area contributed by atoms with Crippen molar-refractivity contribution in [1.29, 1.82) is 0 Å². The van der Waals surface area contributed by atoms with Gasteiger partial charge in [0.1, 0.15) is 0 Å². The normalized spacial score (nSPS) is 8.25. The van der Waals surface area contributed by atoms with Crippen molar-refractivity contribution in [3.8, 4) is 0 Å². The van der Waals surface area contributed by atoms with Crippen molar-refractivity contribution < 1.29 is 18.3 Å². The molecule has 0 N–H and O–H groups in total. The molecule has 0 spiro atoms. The van der Waals surface area contributed by atoms with E-state index in [4.69, 9.17) is 0 Å². The Hall–Kier alpha value is -0.800. The fraction of sp³-hybridized carbons (Fsp3) is 0.500. The summed E-state index contributed by atoms with van der Waals surface area (Å²) in [5.74, 6) is -0.338. The van der Waals surface area contributed by atoms with E-state index in [0.29, 0.717) is 0 Å². The first kappa shape index (κ1) is 7.20. The summed E-state index contributed by atoms with van der Waals surface area (Å²) in [7, 11) is 0. The van der Waals surface area contributed by atoms with Gasteiger partial charge >= 0.3 is 0 Å². The second-order valence-electron chi connectivity index (χ2n) is 0.879. The molecule has 0 aromatic rings. The van der Waals surface area contributed by atoms with E-state index in [0.717, 1.165) is 0 Å². The van der Waals surface area contributed by atoms with Gasteiger partial charge in [-0.3, -0.25) is 0 Å². The van der Waals surface area contributed by atoms with Gasteiger partial charge in [-0.25, -0.2) is 8.78 Å². The predicted molar refractivity (Wildman–Crippen MR) is 23.3 cm³/mol. The summed E-state index contributed by atoms with van der Waals surface area (Å²) in [6.07, 6.45) is 0. The second kappa shape index (κ2) is 4.36. The van der Waals surface area contributed by atoms with Crippen LogP contribution in [-0.2, 0) is 9.47 Å². The molecule has 0 unspecified atom stereocenters. The van der Waals surface area contributed by atoms with Gasteiger partial charge in [0.15, 0.2) is 0 Å². The zero-order valence-electron chi connectivity index (χ0n) is 4.19. The lowest BCUT2D eigenvalue weighted by Crippen LogP contribution is -1.93. The van der Waals surface area contributed by atoms with Crippen LogP contribution in [-0.4, -0.2) is 13.7 Å². The third-order valence-electron chi connectivity index (χ3n) is 0.431. The first-order valence-corrected chi connectivity index (χ1v) is 1.87. The average Bonchev–Trinajstić information content (AvgIpc) is 1.68. The summed E-state index contributed by atoms with van der Waals surface area (Å²) in [6.45, 7) is 0.924. The highest BCUT2D eigenvalue weighted by Crippen LogP contribution is 1.94. The van der Waals surface area contributed by atoms with Gasteiger partial charge in [0, 0.05) is 0 Å². The van der Waals surface area contributed by atoms with E-state index in [1.807, 2.05) is 0 Å². The van der Waals surface area contributed by atoms with Gasteiger partial charge in [-0.2, -0.15) is 0 Å². The van der Waals surface area contributed by atoms with Crippen molar-refractivity contribution in [2.45, 2.75) is 0 Å². The van der Waals surface area contributed by atoms with Gasteiger partial charge in [-0.15, -0.1) is 0 Å². The molecule has 0 bridgehead atoms. The number of ether oxygens (including phenoxy) is 2. The molecule has 0 rings (SSSR count). The Balaban J connectivity index is 3.06. The van der Waals surface area contributed by atoms with Crippen LogP contribution in [0.25, 0.3) is 0 Å². The minimum atomic E-state index is -1.04. The van der Waals surface area contributed by atoms with Gasteiger partial charge in [0.25, 0.3) is 5.95 Å². The minimum absolute atomic E-state index is 0.338. The highest BCUT2D eigenvalue weighted by atomic mass is 19.1. The highest BCUT2D eigenvalue weighted by Gasteiger charge is 1.89. The van der Waals surface area contributed by atoms with Crippen molar-refractivity contribution in [2.24, 2.45) is 0 Å². The zero-order chi connectivity index (χ0) is 6.41. The molecule has 0 fully saturated rings. The maximum absolute atomic E-state index is 11.1. The van der Waals surface area contributed by atoms with Crippen LogP contribution < -0.4 is 0 Å². The quantitative estimate of drug-likeness (QED) is 0.526. The molecule has 0 aromatic heterocycles. The van der Waals surface area contributed by atoms with E-state index >= 15 is 0 Å². The topological polar surface area (TPSA) is 18.5 Å². The van der Waals surface area contributed by atoms with E-state index in [-0.39, 0.29) is 5.95 Å². The van der Waals surface area contributed by atoms with Crippen molar-refractivity contribution in [2.75, 3.05) is 13.7 Å². The molecule has 0 radical (unpaired) electrons. The van der Waals surface area contributed by atoms with Crippen molar-refractivity contribution in [3.63, 3.8) is 0 Å². The lowest BCUT2D eigenvalue weighted by atomic mass is 11.0. The number of hydrogen-bond donors (Lipinski definition) is 0. The van der Waals surface area contributed by atoms with Crippen LogP contribution >= 0.6 is 0 Å². The summed E-state index contributed by atoms with van der Waals surface area (Å²) in [5.41, 5.74) is 0. The monoisotopic (exact) mass is 124 g/mol. The summed E-state index contributed by atoms with van der Waals surface area (Å²) in [5, 5.41) is 0. The summed E-state index contributed by atoms with van der Waals surface area (Å²) >= 11 is 0. The molecular formula is C4H6F2O2. The van der Waals surface area contributed by atoms with Crippen molar-refractivity contribution in [1.82, 2.24) is 0 Å². The van der Waals surface area contributed by atoms with Crippen molar-refractivity contribution >= 4 is 0 Å². The highest BCUT2D eigenvalue weighted by molar-refractivity contribution is 4.64. The fourth-order valence-electron chi connectivity index (χ4n) is 0.163. The number of halogens is 2. The van der Waals surface area contributed by atoms with Gasteiger partial charge in [-0.1, -0.05) is 0 Å². The number of rotatable bonds is 4. The zero-order valence-corrected chi connectivity index (χ0v) is 4.19. The summed E-state index contributed by atoms with van der Waals surface area (Å²) < 4.78 is 30.1. The lowest BCUT2D eigenvalue weighted by Gasteiger charge is -2.01. The summed E-state index contributed by atoms with van der Waals surface area (Å²) in [4.78, 5) is 0. The number of hydrogen-bond acceptors (Lipinski definition) is 2. The molecular weight excluding hydrogens is 118 g/mol. The molecule has 0 saturated heterocycles. The van der Waals surface area contributed by atoms with Gasteiger partial charge in [-0.05, 0) is 6.58 Å². The predicted octanol–water partition coefficient (Wildman–Crippen LogP) is 1.34. The molecule has 0 amide bonds. The van der Waals surface area contributed by atoms with Crippen LogP contribution in [0.3, 0.4) is 0 Å². The molecule has 0 saturated carbocycles. The van der Waals surface area contributed by atoms with E-state index in [1.165, 1.54) is 0 Å². The Labute approximate surface area is 45.7 Å². The number of alkyl halides is 2. The standard InChI is InChI=1S/C4H6F2O2/c1-4(7-2-5)8-3-6/h1-3H2. The molecule has 4 heteroatoms. The molecule has 0 atom stereocenters. The van der Waals surface area contributed by atoms with E-state index < -0.39 is 13.7 Å². The molecule has 2 nitrogen and oxygen atoms in total. The van der Waals surface area contributed by atoms with Crippen LogP contribution in [0.15, 0.2) is 12.5 Å². The molecule has 0 aliphatic rings. The van der Waals surface area contributed by atoms with E-state index in [9.17, 15) is 8.78 Å².